The fourth-order valence-corrected chi connectivity index (χ4v) is 1.55. The first-order valence-electron chi connectivity index (χ1n) is 5.34. The standard InChI is InChI=1S/C11H15N3O2/c1-8(2)12-9-4-3-5-10(13-9)14-6-7-16-11(14)15/h3-5,8H,6-7H2,1-2H3,(H,12,13). The maximum absolute atomic E-state index is 11.4. The number of nitrogens with one attached hydrogen (secondary N) is 1. The molecule has 0 unspecified atom stereocenters. The molecule has 1 fully saturated rings. The lowest BCUT2D eigenvalue weighted by atomic mass is 10.3. The van der Waals surface area contributed by atoms with Crippen molar-refractivity contribution in [2.24, 2.45) is 0 Å². The molecule has 0 bridgehead atoms. The Labute approximate surface area is 94.4 Å². The maximum Gasteiger partial charge on any atom is 0.415 e. The first kappa shape index (κ1) is 10.7. The van der Waals surface area contributed by atoms with Gasteiger partial charge < -0.3 is 10.1 Å². The number of hydrogen-bond acceptors (Lipinski definition) is 4. The molecule has 1 saturated heterocycles. The molecule has 0 aromatic carbocycles. The Morgan fingerprint density at radius 2 is 2.31 bits per heavy atom. The highest BCUT2D eigenvalue weighted by Gasteiger charge is 2.24. The van der Waals surface area contributed by atoms with Crippen molar-refractivity contribution in [1.29, 1.82) is 0 Å². The van der Waals surface area contributed by atoms with E-state index in [1.54, 1.807) is 6.07 Å². The lowest BCUT2D eigenvalue weighted by molar-refractivity contribution is 0.181. The van der Waals surface area contributed by atoms with Gasteiger partial charge in [-0.1, -0.05) is 6.07 Å². The van der Waals surface area contributed by atoms with Crippen LogP contribution in [0, 0.1) is 0 Å². The second-order valence-corrected chi connectivity index (χ2v) is 3.95. The van der Waals surface area contributed by atoms with Gasteiger partial charge in [-0.15, -0.1) is 0 Å². The number of amides is 1. The third kappa shape index (κ3) is 2.24. The predicted octanol–water partition coefficient (Wildman–Crippen LogP) is 1.86. The molecule has 1 aromatic rings. The van der Waals surface area contributed by atoms with Gasteiger partial charge in [-0.2, -0.15) is 0 Å². The van der Waals surface area contributed by atoms with Crippen LogP contribution in [0.1, 0.15) is 13.8 Å². The summed E-state index contributed by atoms with van der Waals surface area (Å²) < 4.78 is 4.87. The number of pyridine rings is 1. The molecular weight excluding hydrogens is 206 g/mol. The first-order chi connectivity index (χ1) is 7.66. The number of anilines is 2. The van der Waals surface area contributed by atoms with E-state index in [0.717, 1.165) is 5.82 Å². The monoisotopic (exact) mass is 221 g/mol. The van der Waals surface area contributed by atoms with Gasteiger partial charge in [0, 0.05) is 6.04 Å². The Bertz CT molecular complexity index is 393. The second-order valence-electron chi connectivity index (χ2n) is 3.95. The SMILES string of the molecule is CC(C)Nc1cccc(N2CCOC2=O)n1. The third-order valence-electron chi connectivity index (χ3n) is 2.21. The summed E-state index contributed by atoms with van der Waals surface area (Å²) >= 11 is 0. The maximum atomic E-state index is 11.4. The van der Waals surface area contributed by atoms with E-state index in [0.29, 0.717) is 25.0 Å². The summed E-state index contributed by atoms with van der Waals surface area (Å²) in [6.07, 6.45) is -0.325. The van der Waals surface area contributed by atoms with Crippen LogP contribution in [-0.2, 0) is 4.74 Å². The minimum absolute atomic E-state index is 0.313. The van der Waals surface area contributed by atoms with E-state index in [2.05, 4.69) is 10.3 Å². The van der Waals surface area contributed by atoms with Crippen LogP contribution in [0.4, 0.5) is 16.4 Å². The first-order valence-corrected chi connectivity index (χ1v) is 5.34. The fraction of sp³-hybridized carbons (Fsp3) is 0.455. The van der Waals surface area contributed by atoms with E-state index in [9.17, 15) is 4.79 Å². The molecule has 86 valence electrons. The lowest BCUT2D eigenvalue weighted by Crippen LogP contribution is -2.24. The molecule has 5 heteroatoms. The molecule has 1 aliphatic heterocycles. The van der Waals surface area contributed by atoms with Gasteiger partial charge in [0.05, 0.1) is 6.54 Å². The van der Waals surface area contributed by atoms with Gasteiger partial charge >= 0.3 is 6.09 Å². The summed E-state index contributed by atoms with van der Waals surface area (Å²) in [7, 11) is 0. The molecule has 5 nitrogen and oxygen atoms in total. The van der Waals surface area contributed by atoms with Gasteiger partial charge in [0.1, 0.15) is 18.2 Å². The van der Waals surface area contributed by atoms with E-state index in [4.69, 9.17) is 4.74 Å². The predicted molar refractivity (Wildman–Crippen MR) is 61.7 cm³/mol. The average molecular weight is 221 g/mol. The number of carbonyl (C=O) groups is 1. The van der Waals surface area contributed by atoms with Crippen LogP contribution >= 0.6 is 0 Å². The molecule has 0 saturated carbocycles. The number of ether oxygens (including phenoxy) is 1. The normalized spacial score (nSPS) is 15.4. The van der Waals surface area contributed by atoms with Crippen LogP contribution in [0.2, 0.25) is 0 Å². The Kier molecular flexibility index (Phi) is 2.94. The van der Waals surface area contributed by atoms with Crippen molar-refractivity contribution in [3.05, 3.63) is 18.2 Å². The van der Waals surface area contributed by atoms with E-state index in [-0.39, 0.29) is 6.09 Å². The summed E-state index contributed by atoms with van der Waals surface area (Å²) in [5.41, 5.74) is 0. The van der Waals surface area contributed by atoms with Gasteiger partial charge in [0.25, 0.3) is 0 Å². The summed E-state index contributed by atoms with van der Waals surface area (Å²) in [5, 5.41) is 3.19. The van der Waals surface area contributed by atoms with Crippen molar-refractivity contribution in [2.45, 2.75) is 19.9 Å². The van der Waals surface area contributed by atoms with E-state index in [1.165, 1.54) is 4.90 Å². The highest BCUT2D eigenvalue weighted by molar-refractivity contribution is 5.88. The molecule has 0 atom stereocenters. The Morgan fingerprint density at radius 1 is 1.50 bits per heavy atom. The van der Waals surface area contributed by atoms with E-state index >= 15 is 0 Å². The molecule has 2 heterocycles. The van der Waals surface area contributed by atoms with E-state index in [1.807, 2.05) is 26.0 Å². The molecule has 1 aliphatic rings. The zero-order valence-corrected chi connectivity index (χ0v) is 9.43. The number of rotatable bonds is 3. The number of nitrogens with zero attached hydrogens (tertiary/aromatic N) is 2. The molecule has 2 rings (SSSR count). The number of carbonyl (C=O) groups excluding carboxylic acids is 1. The molecule has 1 aromatic heterocycles. The second kappa shape index (κ2) is 4.38. The van der Waals surface area contributed by atoms with Crippen molar-refractivity contribution < 1.29 is 9.53 Å². The fourth-order valence-electron chi connectivity index (χ4n) is 1.55. The molecule has 1 N–H and O–H groups in total. The zero-order valence-electron chi connectivity index (χ0n) is 9.43. The lowest BCUT2D eigenvalue weighted by Gasteiger charge is -2.14. The molecule has 1 amide bonds. The van der Waals surface area contributed by atoms with Crippen molar-refractivity contribution >= 4 is 17.7 Å². The van der Waals surface area contributed by atoms with Crippen LogP contribution in [0.5, 0.6) is 0 Å². The Balaban J connectivity index is 2.18. The third-order valence-corrected chi connectivity index (χ3v) is 2.21. The van der Waals surface area contributed by atoms with Gasteiger partial charge in [-0.05, 0) is 26.0 Å². The molecule has 0 aliphatic carbocycles. The summed E-state index contributed by atoms with van der Waals surface area (Å²) in [5.74, 6) is 1.40. The molecule has 0 spiro atoms. The van der Waals surface area contributed by atoms with Crippen LogP contribution in [-0.4, -0.2) is 30.3 Å². The Hall–Kier alpha value is -1.78. The van der Waals surface area contributed by atoms with Gasteiger partial charge in [-0.3, -0.25) is 4.90 Å². The van der Waals surface area contributed by atoms with Crippen LogP contribution in [0.15, 0.2) is 18.2 Å². The minimum Gasteiger partial charge on any atom is -0.447 e. The van der Waals surface area contributed by atoms with Gasteiger partial charge in [0.2, 0.25) is 0 Å². The van der Waals surface area contributed by atoms with Gasteiger partial charge in [0.15, 0.2) is 0 Å². The van der Waals surface area contributed by atoms with Crippen molar-refractivity contribution in [3.8, 4) is 0 Å². The van der Waals surface area contributed by atoms with Crippen LogP contribution in [0.3, 0.4) is 0 Å². The highest BCUT2D eigenvalue weighted by atomic mass is 16.6. The molecular formula is C11H15N3O2. The van der Waals surface area contributed by atoms with Crippen LogP contribution in [0.25, 0.3) is 0 Å². The van der Waals surface area contributed by atoms with Crippen molar-refractivity contribution in [3.63, 3.8) is 0 Å². The molecule has 16 heavy (non-hydrogen) atoms. The smallest absolute Gasteiger partial charge is 0.415 e. The quantitative estimate of drug-likeness (QED) is 0.846. The minimum atomic E-state index is -0.325. The summed E-state index contributed by atoms with van der Waals surface area (Å²) in [4.78, 5) is 17.2. The number of aromatic nitrogens is 1. The summed E-state index contributed by atoms with van der Waals surface area (Å²) in [6.45, 7) is 5.08. The largest absolute Gasteiger partial charge is 0.447 e. The zero-order chi connectivity index (χ0) is 11.5. The summed E-state index contributed by atoms with van der Waals surface area (Å²) in [6, 6.07) is 5.87. The Morgan fingerprint density at radius 3 is 2.94 bits per heavy atom. The number of hydrogen-bond donors (Lipinski definition) is 1. The van der Waals surface area contributed by atoms with Crippen LogP contribution < -0.4 is 10.2 Å². The number of cyclic esters (lactones) is 1. The topological polar surface area (TPSA) is 54.5 Å². The van der Waals surface area contributed by atoms with Gasteiger partial charge in [-0.25, -0.2) is 9.78 Å². The average Bonchev–Trinajstić information content (AvgIpc) is 2.64. The van der Waals surface area contributed by atoms with Crippen molar-refractivity contribution in [2.75, 3.05) is 23.4 Å². The highest BCUT2D eigenvalue weighted by Crippen LogP contribution is 2.18. The molecule has 0 radical (unpaired) electrons. The van der Waals surface area contributed by atoms with E-state index < -0.39 is 0 Å². The van der Waals surface area contributed by atoms with Crippen molar-refractivity contribution in [1.82, 2.24) is 4.98 Å².